The summed E-state index contributed by atoms with van der Waals surface area (Å²) in [5, 5.41) is 3.04. The summed E-state index contributed by atoms with van der Waals surface area (Å²) in [4.78, 5) is 13.9. The summed E-state index contributed by atoms with van der Waals surface area (Å²) in [6.45, 7) is 9.41. The minimum atomic E-state index is -0.446. The van der Waals surface area contributed by atoms with Gasteiger partial charge in [-0.05, 0) is 33.7 Å². The van der Waals surface area contributed by atoms with Crippen molar-refractivity contribution in [3.8, 4) is 0 Å². The molecule has 1 heterocycles. The Kier molecular flexibility index (Phi) is 3.32. The first-order valence-electron chi connectivity index (χ1n) is 5.12. The predicted molar refractivity (Wildman–Crippen MR) is 58.1 cm³/mol. The third-order valence-electron chi connectivity index (χ3n) is 2.92. The molecule has 0 atom stereocenters. The number of amides is 1. The highest BCUT2D eigenvalue weighted by Crippen LogP contribution is 2.17. The molecule has 3 heteroatoms. The maximum absolute atomic E-state index is 12.0. The van der Waals surface area contributed by atoms with Crippen LogP contribution in [-0.4, -0.2) is 36.5 Å². The van der Waals surface area contributed by atoms with Crippen LogP contribution in [0.2, 0.25) is 0 Å². The van der Waals surface area contributed by atoms with E-state index in [1.54, 1.807) is 0 Å². The monoisotopic (exact) mass is 196 g/mol. The zero-order valence-electron chi connectivity index (χ0n) is 9.39. The lowest BCUT2D eigenvalue weighted by atomic mass is 10.00. The lowest BCUT2D eigenvalue weighted by molar-refractivity contribution is -0.137. The summed E-state index contributed by atoms with van der Waals surface area (Å²) in [6, 6.07) is 0. The van der Waals surface area contributed by atoms with Crippen molar-refractivity contribution < 1.29 is 4.79 Å². The Morgan fingerprint density at radius 1 is 1.43 bits per heavy atom. The van der Waals surface area contributed by atoms with Crippen LogP contribution in [0.5, 0.6) is 0 Å². The van der Waals surface area contributed by atoms with Crippen LogP contribution < -0.4 is 5.32 Å². The molecule has 0 aliphatic carbocycles. The third-order valence-corrected chi connectivity index (χ3v) is 2.92. The third kappa shape index (κ3) is 2.35. The van der Waals surface area contributed by atoms with Gasteiger partial charge in [0.25, 0.3) is 0 Å². The molecule has 0 aromatic rings. The van der Waals surface area contributed by atoms with Gasteiger partial charge < -0.3 is 10.2 Å². The quantitative estimate of drug-likeness (QED) is 0.672. The lowest BCUT2D eigenvalue weighted by Crippen LogP contribution is -2.54. The van der Waals surface area contributed by atoms with Crippen LogP contribution in [0.15, 0.2) is 12.2 Å². The van der Waals surface area contributed by atoms with Gasteiger partial charge >= 0.3 is 0 Å². The number of carbonyl (C=O) groups excluding carboxylic acids is 1. The van der Waals surface area contributed by atoms with Crippen molar-refractivity contribution in [2.45, 2.75) is 32.2 Å². The molecule has 0 bridgehead atoms. The van der Waals surface area contributed by atoms with E-state index in [-0.39, 0.29) is 5.91 Å². The second-order valence-electron chi connectivity index (χ2n) is 4.42. The summed E-state index contributed by atoms with van der Waals surface area (Å²) in [5.41, 5.74) is 0.815. The van der Waals surface area contributed by atoms with Crippen LogP contribution in [0, 0.1) is 0 Å². The SMILES string of the molecule is C=C1CCN(C(=O)C(C)(C)NC)CC1. The molecule has 0 radical (unpaired) electrons. The van der Waals surface area contributed by atoms with E-state index in [4.69, 9.17) is 0 Å². The highest BCUT2D eigenvalue weighted by Gasteiger charge is 2.31. The van der Waals surface area contributed by atoms with Gasteiger partial charge in [0.1, 0.15) is 0 Å². The molecule has 3 nitrogen and oxygen atoms in total. The van der Waals surface area contributed by atoms with Crippen LogP contribution in [0.1, 0.15) is 26.7 Å². The number of hydrogen-bond acceptors (Lipinski definition) is 2. The number of nitrogens with zero attached hydrogens (tertiary/aromatic N) is 1. The van der Waals surface area contributed by atoms with Gasteiger partial charge in [0.05, 0.1) is 5.54 Å². The van der Waals surface area contributed by atoms with Gasteiger partial charge in [-0.3, -0.25) is 4.79 Å². The smallest absolute Gasteiger partial charge is 0.242 e. The van der Waals surface area contributed by atoms with E-state index in [0.717, 1.165) is 25.9 Å². The van der Waals surface area contributed by atoms with Gasteiger partial charge in [-0.2, -0.15) is 0 Å². The largest absolute Gasteiger partial charge is 0.340 e. The van der Waals surface area contributed by atoms with Gasteiger partial charge in [0.2, 0.25) is 5.91 Å². The summed E-state index contributed by atoms with van der Waals surface area (Å²) in [5.74, 6) is 0.188. The fourth-order valence-corrected chi connectivity index (χ4v) is 1.53. The molecule has 1 saturated heterocycles. The van der Waals surface area contributed by atoms with E-state index in [2.05, 4.69) is 11.9 Å². The molecule has 0 saturated carbocycles. The number of carbonyl (C=O) groups is 1. The molecule has 1 amide bonds. The van der Waals surface area contributed by atoms with E-state index < -0.39 is 5.54 Å². The lowest BCUT2D eigenvalue weighted by Gasteiger charge is -2.34. The summed E-state index contributed by atoms with van der Waals surface area (Å²) >= 11 is 0. The van der Waals surface area contributed by atoms with Crippen molar-refractivity contribution >= 4 is 5.91 Å². The topological polar surface area (TPSA) is 32.3 Å². The fraction of sp³-hybridized carbons (Fsp3) is 0.727. The van der Waals surface area contributed by atoms with Crippen molar-refractivity contribution in [3.63, 3.8) is 0 Å². The maximum atomic E-state index is 12.0. The first-order chi connectivity index (χ1) is 6.47. The van der Waals surface area contributed by atoms with E-state index >= 15 is 0 Å². The van der Waals surface area contributed by atoms with E-state index in [1.165, 1.54) is 5.57 Å². The highest BCUT2D eigenvalue weighted by atomic mass is 16.2. The Morgan fingerprint density at radius 2 is 1.93 bits per heavy atom. The molecular weight excluding hydrogens is 176 g/mol. The predicted octanol–water partition coefficient (Wildman–Crippen LogP) is 1.16. The zero-order chi connectivity index (χ0) is 10.8. The molecular formula is C11H20N2O. The van der Waals surface area contributed by atoms with Crippen molar-refractivity contribution in [3.05, 3.63) is 12.2 Å². The van der Waals surface area contributed by atoms with Crippen LogP contribution in [-0.2, 0) is 4.79 Å². The Hall–Kier alpha value is -0.830. The van der Waals surface area contributed by atoms with E-state index in [0.29, 0.717) is 0 Å². The summed E-state index contributed by atoms with van der Waals surface area (Å²) in [6.07, 6.45) is 1.90. The molecule has 1 aliphatic rings. The average molecular weight is 196 g/mol. The minimum Gasteiger partial charge on any atom is -0.340 e. The maximum Gasteiger partial charge on any atom is 0.242 e. The Balaban J connectivity index is 2.58. The normalized spacial score (nSPS) is 18.5. The van der Waals surface area contributed by atoms with Gasteiger partial charge in [0, 0.05) is 13.1 Å². The zero-order valence-corrected chi connectivity index (χ0v) is 9.39. The number of rotatable bonds is 2. The number of nitrogens with one attached hydrogen (secondary N) is 1. The van der Waals surface area contributed by atoms with Crippen LogP contribution in [0.4, 0.5) is 0 Å². The molecule has 80 valence electrons. The fourth-order valence-electron chi connectivity index (χ4n) is 1.53. The molecule has 14 heavy (non-hydrogen) atoms. The summed E-state index contributed by atoms with van der Waals surface area (Å²) < 4.78 is 0. The van der Waals surface area contributed by atoms with Crippen molar-refractivity contribution in [1.29, 1.82) is 0 Å². The summed E-state index contributed by atoms with van der Waals surface area (Å²) in [7, 11) is 1.82. The van der Waals surface area contributed by atoms with E-state index in [1.807, 2.05) is 25.8 Å². The molecule has 1 aliphatic heterocycles. The molecule has 0 spiro atoms. The number of likely N-dealkylation sites (tertiary alicyclic amines) is 1. The molecule has 0 aromatic heterocycles. The van der Waals surface area contributed by atoms with Gasteiger partial charge in [-0.15, -0.1) is 0 Å². The number of hydrogen-bond donors (Lipinski definition) is 1. The molecule has 1 rings (SSSR count). The molecule has 1 fully saturated rings. The Bertz CT molecular complexity index is 236. The second-order valence-corrected chi connectivity index (χ2v) is 4.42. The standard InChI is InChI=1S/C11H20N2O/c1-9-5-7-13(8-6-9)10(14)11(2,3)12-4/h12H,1,5-8H2,2-4H3. The van der Waals surface area contributed by atoms with Crippen LogP contribution >= 0.6 is 0 Å². The molecule has 0 aromatic carbocycles. The molecule has 1 N–H and O–H groups in total. The van der Waals surface area contributed by atoms with E-state index in [9.17, 15) is 4.79 Å². The Morgan fingerprint density at radius 3 is 2.36 bits per heavy atom. The Labute approximate surface area is 86.2 Å². The van der Waals surface area contributed by atoms with Gasteiger partial charge in [0.15, 0.2) is 0 Å². The highest BCUT2D eigenvalue weighted by molar-refractivity contribution is 5.85. The van der Waals surface area contributed by atoms with Crippen molar-refractivity contribution in [2.75, 3.05) is 20.1 Å². The van der Waals surface area contributed by atoms with Crippen molar-refractivity contribution in [2.24, 2.45) is 0 Å². The van der Waals surface area contributed by atoms with Gasteiger partial charge in [-0.1, -0.05) is 12.2 Å². The number of likely N-dealkylation sites (N-methyl/N-ethyl adjacent to an activating group) is 1. The number of piperidine rings is 1. The van der Waals surface area contributed by atoms with Crippen molar-refractivity contribution in [1.82, 2.24) is 10.2 Å². The van der Waals surface area contributed by atoms with Crippen LogP contribution in [0.25, 0.3) is 0 Å². The average Bonchev–Trinajstić information content (AvgIpc) is 2.18. The first-order valence-corrected chi connectivity index (χ1v) is 5.12. The first kappa shape index (κ1) is 11.2. The van der Waals surface area contributed by atoms with Crippen LogP contribution in [0.3, 0.4) is 0 Å². The molecule has 0 unspecified atom stereocenters. The second kappa shape index (κ2) is 4.13. The van der Waals surface area contributed by atoms with Gasteiger partial charge in [-0.25, -0.2) is 0 Å². The minimum absolute atomic E-state index is 0.188.